The number of amides is 1. The summed E-state index contributed by atoms with van der Waals surface area (Å²) in [5.41, 5.74) is 0.219. The van der Waals surface area contributed by atoms with Crippen molar-refractivity contribution >= 4 is 42.4 Å². The van der Waals surface area contributed by atoms with E-state index >= 15 is 0 Å². The quantitative estimate of drug-likeness (QED) is 0.600. The maximum Gasteiger partial charge on any atom is 0.235 e. The predicted octanol–water partition coefficient (Wildman–Crippen LogP) is 3.58. The minimum Gasteiger partial charge on any atom is -0.379 e. The second-order valence-corrected chi connectivity index (χ2v) is 14.0. The molecule has 1 aromatic carbocycles. The Kier molecular flexibility index (Phi) is 5.75. The van der Waals surface area contributed by atoms with Crippen LogP contribution in [0.1, 0.15) is 38.5 Å². The third kappa shape index (κ3) is 4.08. The Labute approximate surface area is 205 Å². The summed E-state index contributed by atoms with van der Waals surface area (Å²) in [6.07, 6.45) is 8.11. The molecule has 0 radical (unpaired) electrons. The van der Waals surface area contributed by atoms with E-state index in [1.165, 1.54) is 36.9 Å². The van der Waals surface area contributed by atoms with Crippen LogP contribution in [0.4, 0.5) is 5.13 Å². The van der Waals surface area contributed by atoms with Crippen LogP contribution < -0.4 is 4.90 Å². The lowest BCUT2D eigenvalue weighted by Gasteiger charge is -2.56. The number of nitrogens with zero attached hydrogens (tertiary/aromatic N) is 3. The van der Waals surface area contributed by atoms with Gasteiger partial charge in [0, 0.05) is 32.4 Å². The molecule has 7 rings (SSSR count). The summed E-state index contributed by atoms with van der Waals surface area (Å²) in [4.78, 5) is 23.7. The van der Waals surface area contributed by atoms with E-state index in [0.29, 0.717) is 34.9 Å². The van der Waals surface area contributed by atoms with Crippen LogP contribution in [0, 0.1) is 23.2 Å². The Balaban J connectivity index is 1.36. The molecule has 1 amide bonds. The Hall–Kier alpha value is -1.55. The Morgan fingerprint density at radius 1 is 1.15 bits per heavy atom. The molecule has 1 saturated heterocycles. The molecule has 1 aromatic heterocycles. The summed E-state index contributed by atoms with van der Waals surface area (Å²) in [5, 5.41) is 0.639. The zero-order valence-electron chi connectivity index (χ0n) is 19.7. The third-order valence-corrected chi connectivity index (χ3v) is 10.7. The average molecular weight is 504 g/mol. The van der Waals surface area contributed by atoms with Gasteiger partial charge in [-0.05, 0) is 68.4 Å². The van der Waals surface area contributed by atoms with Gasteiger partial charge in [-0.1, -0.05) is 17.4 Å². The number of rotatable bonds is 6. The van der Waals surface area contributed by atoms with Gasteiger partial charge in [-0.15, -0.1) is 0 Å². The van der Waals surface area contributed by atoms with E-state index in [2.05, 4.69) is 4.90 Å². The van der Waals surface area contributed by atoms with Gasteiger partial charge in [-0.3, -0.25) is 14.6 Å². The fourth-order valence-corrected chi connectivity index (χ4v) is 9.25. The number of hydrogen-bond donors (Lipinski definition) is 0. The standard InChI is InChI=1S/C25H33N3O4S2/c1-34(30,31)21-4-2-3-20-22(21)26-24(33-20)28(6-5-27-7-9-32-10-8-27)23(29)25-14-17-11-18(15-25)13-19(12-17)16-25/h2-4,17-19H,5-16H2,1H3. The first-order chi connectivity index (χ1) is 16.3. The number of fused-ring (bicyclic) bond motifs is 1. The molecule has 7 nitrogen and oxygen atoms in total. The van der Waals surface area contributed by atoms with Crippen LogP contribution >= 0.6 is 11.3 Å². The van der Waals surface area contributed by atoms with E-state index in [4.69, 9.17) is 9.72 Å². The first kappa shape index (κ1) is 22.9. The molecule has 5 fully saturated rings. The smallest absolute Gasteiger partial charge is 0.235 e. The van der Waals surface area contributed by atoms with Gasteiger partial charge in [-0.25, -0.2) is 13.4 Å². The van der Waals surface area contributed by atoms with Crippen molar-refractivity contribution in [3.05, 3.63) is 18.2 Å². The largest absolute Gasteiger partial charge is 0.379 e. The normalized spacial score (nSPS) is 31.3. The second kappa shape index (κ2) is 8.54. The number of ether oxygens (including phenoxy) is 1. The van der Waals surface area contributed by atoms with Crippen LogP contribution in [0.25, 0.3) is 10.2 Å². The molecule has 9 heteroatoms. The maximum absolute atomic E-state index is 14.4. The zero-order chi connectivity index (χ0) is 23.5. The number of carbonyl (C=O) groups is 1. The lowest BCUT2D eigenvalue weighted by atomic mass is 9.49. The summed E-state index contributed by atoms with van der Waals surface area (Å²) in [7, 11) is -3.41. The minimum atomic E-state index is -3.41. The lowest BCUT2D eigenvalue weighted by molar-refractivity contribution is -0.143. The predicted molar refractivity (Wildman–Crippen MR) is 133 cm³/mol. The van der Waals surface area contributed by atoms with E-state index in [1.54, 1.807) is 12.1 Å². The van der Waals surface area contributed by atoms with Crippen molar-refractivity contribution in [3.8, 4) is 0 Å². The van der Waals surface area contributed by atoms with Crippen molar-refractivity contribution in [2.24, 2.45) is 23.2 Å². The molecule has 184 valence electrons. The van der Waals surface area contributed by atoms with Gasteiger partial charge in [0.2, 0.25) is 5.91 Å². The van der Waals surface area contributed by atoms with Gasteiger partial charge in [0.1, 0.15) is 5.52 Å². The molecule has 2 heterocycles. The van der Waals surface area contributed by atoms with Crippen molar-refractivity contribution in [2.75, 3.05) is 50.5 Å². The van der Waals surface area contributed by atoms with Crippen molar-refractivity contribution in [3.63, 3.8) is 0 Å². The lowest BCUT2D eigenvalue weighted by Crippen LogP contribution is -2.56. The average Bonchev–Trinajstić information content (AvgIpc) is 3.22. The number of para-hydroxylation sites is 1. The highest BCUT2D eigenvalue weighted by Crippen LogP contribution is 2.60. The molecule has 0 spiro atoms. The molecular formula is C25H33N3O4S2. The number of aromatic nitrogens is 1. The molecule has 4 bridgehead atoms. The van der Waals surface area contributed by atoms with E-state index in [1.807, 2.05) is 11.0 Å². The fourth-order valence-electron chi connectivity index (χ4n) is 7.34. The molecule has 0 atom stereocenters. The monoisotopic (exact) mass is 503 g/mol. The minimum absolute atomic E-state index is 0.222. The molecule has 1 aliphatic heterocycles. The van der Waals surface area contributed by atoms with E-state index in [9.17, 15) is 13.2 Å². The molecule has 34 heavy (non-hydrogen) atoms. The summed E-state index contributed by atoms with van der Waals surface area (Å²) in [6, 6.07) is 5.28. The van der Waals surface area contributed by atoms with Crippen LogP contribution in [-0.4, -0.2) is 69.9 Å². The highest BCUT2D eigenvalue weighted by molar-refractivity contribution is 7.91. The van der Waals surface area contributed by atoms with Crippen molar-refractivity contribution in [1.29, 1.82) is 0 Å². The van der Waals surface area contributed by atoms with Gasteiger partial charge in [0.05, 0.1) is 28.2 Å². The van der Waals surface area contributed by atoms with Crippen molar-refractivity contribution in [1.82, 2.24) is 9.88 Å². The van der Waals surface area contributed by atoms with E-state index < -0.39 is 9.84 Å². The highest BCUT2D eigenvalue weighted by Gasteiger charge is 2.56. The highest BCUT2D eigenvalue weighted by atomic mass is 32.2. The van der Waals surface area contributed by atoms with Crippen LogP contribution in [-0.2, 0) is 19.4 Å². The zero-order valence-corrected chi connectivity index (χ0v) is 21.4. The molecule has 0 N–H and O–H groups in total. The number of sulfone groups is 1. The number of carbonyl (C=O) groups excluding carboxylic acids is 1. The van der Waals surface area contributed by atoms with Gasteiger partial charge in [0.15, 0.2) is 15.0 Å². The van der Waals surface area contributed by atoms with Crippen molar-refractivity contribution < 1.29 is 17.9 Å². The van der Waals surface area contributed by atoms with Gasteiger partial charge < -0.3 is 4.74 Å². The first-order valence-electron chi connectivity index (χ1n) is 12.5. The molecule has 5 aliphatic rings. The molecule has 0 unspecified atom stereocenters. The van der Waals surface area contributed by atoms with Crippen LogP contribution in [0.2, 0.25) is 0 Å². The Morgan fingerprint density at radius 3 is 2.41 bits per heavy atom. The number of morpholine rings is 1. The summed E-state index contributed by atoms with van der Waals surface area (Å²) >= 11 is 1.44. The maximum atomic E-state index is 14.4. The molecule has 2 aromatic rings. The number of benzene rings is 1. The van der Waals surface area contributed by atoms with Gasteiger partial charge in [0.25, 0.3) is 0 Å². The summed E-state index contributed by atoms with van der Waals surface area (Å²) < 4.78 is 31.1. The van der Waals surface area contributed by atoms with E-state index in [0.717, 1.165) is 56.8 Å². The van der Waals surface area contributed by atoms with Gasteiger partial charge in [-0.2, -0.15) is 0 Å². The van der Waals surface area contributed by atoms with Gasteiger partial charge >= 0.3 is 0 Å². The Bertz CT molecular complexity index is 1170. The number of hydrogen-bond acceptors (Lipinski definition) is 7. The third-order valence-electron chi connectivity index (χ3n) is 8.48. The number of thiazole rings is 1. The summed E-state index contributed by atoms with van der Waals surface area (Å²) in [5.74, 6) is 2.27. The van der Waals surface area contributed by atoms with Crippen LogP contribution in [0.3, 0.4) is 0 Å². The summed E-state index contributed by atoms with van der Waals surface area (Å²) in [6.45, 7) is 4.55. The molecular weight excluding hydrogens is 470 g/mol. The van der Waals surface area contributed by atoms with Crippen LogP contribution in [0.15, 0.2) is 23.1 Å². The van der Waals surface area contributed by atoms with Crippen molar-refractivity contribution in [2.45, 2.75) is 43.4 Å². The molecule has 4 aliphatic carbocycles. The number of anilines is 1. The topological polar surface area (TPSA) is 79.8 Å². The SMILES string of the molecule is CS(=O)(=O)c1cccc2sc(N(CCN3CCOCC3)C(=O)C34CC5CC(CC(C5)C3)C4)nc12. The first-order valence-corrected chi connectivity index (χ1v) is 15.2. The second-order valence-electron chi connectivity index (χ2n) is 11.0. The fraction of sp³-hybridized carbons (Fsp3) is 0.680. The molecule has 4 saturated carbocycles. The Morgan fingerprint density at radius 2 is 1.79 bits per heavy atom. The van der Waals surface area contributed by atoms with Crippen LogP contribution in [0.5, 0.6) is 0 Å². The van der Waals surface area contributed by atoms with E-state index in [-0.39, 0.29) is 16.2 Å².